The largest absolute Gasteiger partial charge is 0.505 e. The Labute approximate surface area is 187 Å². The first-order valence-corrected chi connectivity index (χ1v) is 10.5. The summed E-state index contributed by atoms with van der Waals surface area (Å²) in [6.45, 7) is 6.77. The summed E-state index contributed by atoms with van der Waals surface area (Å²) < 4.78 is 0. The van der Waals surface area contributed by atoms with Gasteiger partial charge in [0.2, 0.25) is 0 Å². The second-order valence-electron chi connectivity index (χ2n) is 7.56. The number of nitrogens with one attached hydrogen (secondary N) is 1. The van der Waals surface area contributed by atoms with E-state index in [-0.39, 0.29) is 5.75 Å². The van der Waals surface area contributed by atoms with Gasteiger partial charge < -0.3 is 10.4 Å². The molecule has 0 radical (unpaired) electrons. The van der Waals surface area contributed by atoms with Crippen LogP contribution in [0.4, 0.5) is 28.4 Å². The van der Waals surface area contributed by atoms with E-state index in [1.807, 2.05) is 86.6 Å². The van der Waals surface area contributed by atoms with Crippen molar-refractivity contribution in [1.29, 1.82) is 0 Å². The SMILES string of the molecule is CCNc1ccc2c(O)c(N=Nc3ccc(N=Nc4ccccc4)c(C)c3)c(C)cc2c1. The van der Waals surface area contributed by atoms with Gasteiger partial charge in [-0.1, -0.05) is 18.2 Å². The third-order valence-electron chi connectivity index (χ3n) is 5.13. The molecule has 0 amide bonds. The molecule has 0 heterocycles. The van der Waals surface area contributed by atoms with E-state index in [9.17, 15) is 5.11 Å². The zero-order valence-electron chi connectivity index (χ0n) is 18.4. The van der Waals surface area contributed by atoms with Gasteiger partial charge in [-0.25, -0.2) is 0 Å². The number of hydrogen-bond donors (Lipinski definition) is 2. The number of fused-ring (bicyclic) bond motifs is 1. The smallest absolute Gasteiger partial charge is 0.151 e. The minimum absolute atomic E-state index is 0.136. The Balaban J connectivity index is 1.59. The first-order valence-electron chi connectivity index (χ1n) is 10.5. The van der Waals surface area contributed by atoms with Crippen molar-refractivity contribution in [2.45, 2.75) is 20.8 Å². The summed E-state index contributed by atoms with van der Waals surface area (Å²) in [5.41, 5.74) is 5.55. The molecule has 0 saturated carbocycles. The van der Waals surface area contributed by atoms with Gasteiger partial charge >= 0.3 is 0 Å². The van der Waals surface area contributed by atoms with Crippen LogP contribution in [0.15, 0.2) is 93.3 Å². The fourth-order valence-electron chi connectivity index (χ4n) is 3.48. The van der Waals surface area contributed by atoms with Crippen molar-refractivity contribution in [3.05, 3.63) is 83.9 Å². The number of anilines is 1. The van der Waals surface area contributed by atoms with Gasteiger partial charge in [-0.2, -0.15) is 15.3 Å². The second kappa shape index (κ2) is 9.39. The highest BCUT2D eigenvalue weighted by Crippen LogP contribution is 2.39. The number of nitrogens with zero attached hydrogens (tertiary/aromatic N) is 4. The molecule has 4 rings (SSSR count). The Bertz CT molecular complexity index is 1310. The van der Waals surface area contributed by atoms with Crippen molar-refractivity contribution in [1.82, 2.24) is 0 Å². The van der Waals surface area contributed by atoms with Crippen LogP contribution in [0.5, 0.6) is 5.75 Å². The summed E-state index contributed by atoms with van der Waals surface area (Å²) in [4.78, 5) is 0. The molecule has 0 unspecified atom stereocenters. The van der Waals surface area contributed by atoms with Crippen LogP contribution in [0.25, 0.3) is 10.8 Å². The summed E-state index contributed by atoms with van der Waals surface area (Å²) in [5.74, 6) is 0.136. The number of rotatable bonds is 6. The van der Waals surface area contributed by atoms with Crippen molar-refractivity contribution in [3.63, 3.8) is 0 Å². The average Bonchev–Trinajstić information content (AvgIpc) is 2.79. The highest BCUT2D eigenvalue weighted by molar-refractivity contribution is 5.95. The Hall–Kier alpha value is -4.06. The van der Waals surface area contributed by atoms with E-state index in [0.717, 1.165) is 45.5 Å². The first kappa shape index (κ1) is 21.2. The Morgan fingerprint density at radius 1 is 0.750 bits per heavy atom. The molecule has 0 aliphatic carbocycles. The lowest BCUT2D eigenvalue weighted by atomic mass is 10.0. The molecule has 6 heteroatoms. The van der Waals surface area contributed by atoms with E-state index >= 15 is 0 Å². The highest BCUT2D eigenvalue weighted by Gasteiger charge is 2.11. The molecule has 0 aliphatic rings. The number of phenolic OH excluding ortho intramolecular Hbond substituents is 1. The van der Waals surface area contributed by atoms with Gasteiger partial charge in [-0.3, -0.25) is 0 Å². The van der Waals surface area contributed by atoms with Gasteiger partial charge in [0.1, 0.15) is 5.69 Å². The van der Waals surface area contributed by atoms with Crippen LogP contribution < -0.4 is 5.32 Å². The minimum atomic E-state index is 0.136. The Kier molecular flexibility index (Phi) is 6.22. The molecular formula is C26H25N5O. The zero-order chi connectivity index (χ0) is 22.5. The maximum atomic E-state index is 10.8. The lowest BCUT2D eigenvalue weighted by Crippen LogP contribution is -1.95. The van der Waals surface area contributed by atoms with E-state index in [2.05, 4.69) is 32.7 Å². The summed E-state index contributed by atoms with van der Waals surface area (Å²) in [6, 6.07) is 23.1. The molecular weight excluding hydrogens is 398 g/mol. The molecule has 160 valence electrons. The standard InChI is InChI=1S/C26H25N5O/c1-4-27-21-10-12-23-19(16-21)14-18(3)25(26(23)32)31-29-22-11-13-24(17(2)15-22)30-28-20-8-6-5-7-9-20/h5-16,27,32H,4H2,1-3H3. The van der Waals surface area contributed by atoms with E-state index in [0.29, 0.717) is 11.4 Å². The van der Waals surface area contributed by atoms with E-state index in [4.69, 9.17) is 0 Å². The number of hydrogen-bond acceptors (Lipinski definition) is 6. The van der Waals surface area contributed by atoms with Crippen molar-refractivity contribution in [2.75, 3.05) is 11.9 Å². The molecule has 0 fully saturated rings. The molecule has 32 heavy (non-hydrogen) atoms. The molecule has 0 spiro atoms. The minimum Gasteiger partial charge on any atom is -0.505 e. The summed E-state index contributed by atoms with van der Waals surface area (Å²) in [7, 11) is 0. The lowest BCUT2D eigenvalue weighted by Gasteiger charge is -2.10. The Morgan fingerprint density at radius 2 is 1.53 bits per heavy atom. The van der Waals surface area contributed by atoms with Gasteiger partial charge in [0.25, 0.3) is 0 Å². The van der Waals surface area contributed by atoms with Crippen molar-refractivity contribution in [2.24, 2.45) is 20.5 Å². The number of phenols is 1. The summed E-state index contributed by atoms with van der Waals surface area (Å²) in [6.07, 6.45) is 0. The van der Waals surface area contributed by atoms with Crippen molar-refractivity contribution >= 4 is 39.2 Å². The number of aromatic hydroxyl groups is 1. The van der Waals surface area contributed by atoms with E-state index in [1.54, 1.807) is 0 Å². The van der Waals surface area contributed by atoms with Crippen molar-refractivity contribution in [3.8, 4) is 5.75 Å². The molecule has 0 bridgehead atoms. The average molecular weight is 424 g/mol. The molecule has 6 nitrogen and oxygen atoms in total. The van der Waals surface area contributed by atoms with Gasteiger partial charge in [0.15, 0.2) is 5.75 Å². The predicted octanol–water partition coefficient (Wildman–Crippen LogP) is 8.42. The molecule has 0 aromatic heterocycles. The molecule has 2 N–H and O–H groups in total. The normalized spacial score (nSPS) is 11.6. The van der Waals surface area contributed by atoms with Crippen molar-refractivity contribution < 1.29 is 5.11 Å². The third-order valence-corrected chi connectivity index (χ3v) is 5.13. The van der Waals surface area contributed by atoms with E-state index < -0.39 is 0 Å². The number of azo groups is 2. The van der Waals surface area contributed by atoms with Gasteiger partial charge in [0.05, 0.1) is 17.1 Å². The zero-order valence-corrected chi connectivity index (χ0v) is 18.4. The lowest BCUT2D eigenvalue weighted by molar-refractivity contribution is 0.482. The molecule has 4 aromatic carbocycles. The second-order valence-corrected chi connectivity index (χ2v) is 7.56. The number of aryl methyl sites for hydroxylation is 2. The fraction of sp³-hybridized carbons (Fsp3) is 0.154. The third kappa shape index (κ3) is 4.64. The van der Waals surface area contributed by atoms with E-state index in [1.165, 1.54) is 0 Å². The monoisotopic (exact) mass is 423 g/mol. The van der Waals surface area contributed by atoms with Crippen LogP contribution in [0.2, 0.25) is 0 Å². The molecule has 0 saturated heterocycles. The summed E-state index contributed by atoms with van der Waals surface area (Å²) in [5, 5.41) is 33.1. The fourth-order valence-corrected chi connectivity index (χ4v) is 3.48. The van der Waals surface area contributed by atoms with Crippen LogP contribution in [-0.2, 0) is 0 Å². The van der Waals surface area contributed by atoms with Crippen LogP contribution in [-0.4, -0.2) is 11.7 Å². The maximum absolute atomic E-state index is 10.8. The van der Waals surface area contributed by atoms with Gasteiger partial charge in [-0.05, 0) is 91.9 Å². The molecule has 4 aromatic rings. The first-order chi connectivity index (χ1) is 15.5. The van der Waals surface area contributed by atoms with Gasteiger partial charge in [0, 0.05) is 17.6 Å². The van der Waals surface area contributed by atoms with Gasteiger partial charge in [-0.15, -0.1) is 5.11 Å². The van der Waals surface area contributed by atoms with Crippen LogP contribution in [0, 0.1) is 13.8 Å². The number of benzene rings is 4. The maximum Gasteiger partial charge on any atom is 0.151 e. The summed E-state index contributed by atoms with van der Waals surface area (Å²) >= 11 is 0. The molecule has 0 atom stereocenters. The van der Waals surface area contributed by atoms with Crippen LogP contribution in [0.3, 0.4) is 0 Å². The Morgan fingerprint density at radius 3 is 2.28 bits per heavy atom. The topological polar surface area (TPSA) is 81.7 Å². The predicted molar refractivity (Wildman–Crippen MR) is 130 cm³/mol. The molecule has 0 aliphatic heterocycles. The quantitative estimate of drug-likeness (QED) is 0.305. The van der Waals surface area contributed by atoms with Crippen LogP contribution in [0.1, 0.15) is 18.1 Å². The van der Waals surface area contributed by atoms with Crippen LogP contribution >= 0.6 is 0 Å². The highest BCUT2D eigenvalue weighted by atomic mass is 16.3.